The Bertz CT molecular complexity index is 304. The Morgan fingerprint density at radius 2 is 2.21 bits per heavy atom. The molecule has 0 aliphatic carbocycles. The lowest BCUT2D eigenvalue weighted by molar-refractivity contribution is 0.309. The van der Waals surface area contributed by atoms with E-state index < -0.39 is 0 Å². The summed E-state index contributed by atoms with van der Waals surface area (Å²) in [4.78, 5) is 0. The van der Waals surface area contributed by atoms with Crippen molar-refractivity contribution in [1.29, 1.82) is 0 Å². The molecule has 0 saturated carbocycles. The molecule has 1 N–H and O–H groups in total. The third-order valence-corrected chi connectivity index (χ3v) is 2.73. The summed E-state index contributed by atoms with van der Waals surface area (Å²) >= 11 is 3.36. The minimum atomic E-state index is -0.290. The van der Waals surface area contributed by atoms with Gasteiger partial charge in [0.2, 0.25) is 0 Å². The smallest absolute Gasteiger partial charge is 0.165 e. The van der Waals surface area contributed by atoms with Crippen molar-refractivity contribution in [2.24, 2.45) is 0 Å². The van der Waals surface area contributed by atoms with Crippen molar-refractivity contribution in [3.8, 4) is 5.75 Å². The van der Waals surface area contributed by atoms with Crippen molar-refractivity contribution in [3.63, 3.8) is 0 Å². The maximum Gasteiger partial charge on any atom is 0.165 e. The molecule has 1 aliphatic rings. The topological polar surface area (TPSA) is 21.3 Å². The highest BCUT2D eigenvalue weighted by atomic mass is 79.9. The van der Waals surface area contributed by atoms with Gasteiger partial charge in [0, 0.05) is 23.1 Å². The van der Waals surface area contributed by atoms with Crippen LogP contribution in [0.1, 0.15) is 5.56 Å². The molecule has 0 spiro atoms. The fourth-order valence-corrected chi connectivity index (χ4v) is 1.79. The van der Waals surface area contributed by atoms with Crippen LogP contribution in [0.2, 0.25) is 0 Å². The van der Waals surface area contributed by atoms with E-state index in [1.54, 1.807) is 6.07 Å². The van der Waals surface area contributed by atoms with E-state index >= 15 is 0 Å². The largest absolute Gasteiger partial charge is 0.489 e. The van der Waals surface area contributed by atoms with Gasteiger partial charge in [-0.25, -0.2) is 4.39 Å². The Labute approximate surface area is 96.4 Å². The molecule has 0 aromatic heterocycles. The Kier molecular flexibility index (Phi) is 4.16. The van der Waals surface area contributed by atoms with Crippen LogP contribution < -0.4 is 10.1 Å². The number of nitrogens with one attached hydrogen (secondary N) is 1. The molecule has 5 heteroatoms. The Hall–Kier alpha value is -0.320. The van der Waals surface area contributed by atoms with Gasteiger partial charge in [0.15, 0.2) is 11.6 Å². The van der Waals surface area contributed by atoms with Gasteiger partial charge in [0.05, 0.1) is 0 Å². The summed E-state index contributed by atoms with van der Waals surface area (Å²) in [6.45, 7) is 1.91. The van der Waals surface area contributed by atoms with E-state index in [1.807, 2.05) is 0 Å². The highest BCUT2D eigenvalue weighted by Crippen LogP contribution is 2.30. The Morgan fingerprint density at radius 3 is 3.00 bits per heavy atom. The van der Waals surface area contributed by atoms with Gasteiger partial charge < -0.3 is 10.1 Å². The zero-order valence-corrected chi connectivity index (χ0v) is 9.75. The van der Waals surface area contributed by atoms with Crippen molar-refractivity contribution in [2.45, 2.75) is 6.54 Å². The zero-order chi connectivity index (χ0) is 9.26. The number of halogens is 3. The van der Waals surface area contributed by atoms with Crippen LogP contribution in [-0.4, -0.2) is 13.2 Å². The van der Waals surface area contributed by atoms with Gasteiger partial charge in [-0.15, -0.1) is 12.4 Å². The van der Waals surface area contributed by atoms with Gasteiger partial charge in [0.25, 0.3) is 0 Å². The normalized spacial score (nSPS) is 14.7. The molecule has 0 fully saturated rings. The van der Waals surface area contributed by atoms with E-state index in [0.717, 1.165) is 16.6 Å². The van der Waals surface area contributed by atoms with Crippen LogP contribution >= 0.6 is 28.3 Å². The van der Waals surface area contributed by atoms with Gasteiger partial charge in [-0.05, 0) is 12.1 Å². The van der Waals surface area contributed by atoms with Crippen LogP contribution in [0.3, 0.4) is 0 Å². The SMILES string of the molecule is Cl.Fc1ccc(Br)c2c1OCCNC2. The molecular formula is C9H10BrClFNO. The molecule has 0 unspecified atom stereocenters. The van der Waals surface area contributed by atoms with Gasteiger partial charge in [-0.1, -0.05) is 15.9 Å². The van der Waals surface area contributed by atoms with E-state index in [9.17, 15) is 4.39 Å². The minimum absolute atomic E-state index is 0. The summed E-state index contributed by atoms with van der Waals surface area (Å²) in [5.74, 6) is 0.0845. The van der Waals surface area contributed by atoms with Crippen molar-refractivity contribution in [2.75, 3.05) is 13.2 Å². The monoisotopic (exact) mass is 281 g/mol. The van der Waals surface area contributed by atoms with E-state index in [1.165, 1.54) is 6.07 Å². The fourth-order valence-electron chi connectivity index (χ4n) is 1.33. The first kappa shape index (κ1) is 11.8. The Morgan fingerprint density at radius 1 is 1.43 bits per heavy atom. The van der Waals surface area contributed by atoms with Gasteiger partial charge >= 0.3 is 0 Å². The summed E-state index contributed by atoms with van der Waals surface area (Å²) in [6, 6.07) is 3.11. The fraction of sp³-hybridized carbons (Fsp3) is 0.333. The van der Waals surface area contributed by atoms with Crippen molar-refractivity contribution in [1.82, 2.24) is 5.32 Å². The predicted octanol–water partition coefficient (Wildman–Crippen LogP) is 2.49. The highest BCUT2D eigenvalue weighted by molar-refractivity contribution is 9.10. The van der Waals surface area contributed by atoms with Crippen LogP contribution in [0.25, 0.3) is 0 Å². The number of hydrogen-bond donors (Lipinski definition) is 1. The molecular weight excluding hydrogens is 272 g/mol. The molecule has 14 heavy (non-hydrogen) atoms. The maximum atomic E-state index is 13.3. The molecule has 1 heterocycles. The lowest BCUT2D eigenvalue weighted by Crippen LogP contribution is -2.16. The summed E-state index contributed by atoms with van der Waals surface area (Å²) in [7, 11) is 0. The van der Waals surface area contributed by atoms with Crippen LogP contribution in [0.5, 0.6) is 5.75 Å². The average Bonchev–Trinajstić information content (AvgIpc) is 2.37. The lowest BCUT2D eigenvalue weighted by atomic mass is 10.2. The lowest BCUT2D eigenvalue weighted by Gasteiger charge is -2.08. The number of rotatable bonds is 0. The summed E-state index contributed by atoms with van der Waals surface area (Å²) < 4.78 is 19.4. The van der Waals surface area contributed by atoms with E-state index in [-0.39, 0.29) is 18.2 Å². The second-order valence-corrected chi connectivity index (χ2v) is 3.72. The molecule has 1 aromatic carbocycles. The number of fused-ring (bicyclic) bond motifs is 1. The zero-order valence-electron chi connectivity index (χ0n) is 7.35. The van der Waals surface area contributed by atoms with E-state index in [2.05, 4.69) is 21.2 Å². The molecule has 1 aromatic rings. The first-order valence-corrected chi connectivity index (χ1v) is 4.89. The molecule has 0 radical (unpaired) electrons. The predicted molar refractivity (Wildman–Crippen MR) is 58.5 cm³/mol. The van der Waals surface area contributed by atoms with Gasteiger partial charge in [-0.3, -0.25) is 0 Å². The van der Waals surface area contributed by atoms with Crippen LogP contribution in [0.15, 0.2) is 16.6 Å². The van der Waals surface area contributed by atoms with Crippen molar-refractivity contribution >= 4 is 28.3 Å². The quantitative estimate of drug-likeness (QED) is 0.789. The second kappa shape index (κ2) is 4.96. The third-order valence-electron chi connectivity index (χ3n) is 1.98. The standard InChI is InChI=1S/C9H9BrFNO.ClH/c10-7-1-2-8(11)9-6(7)5-12-3-4-13-9;/h1-2,12H,3-5H2;1H. The van der Waals surface area contributed by atoms with Gasteiger partial charge in [0.1, 0.15) is 6.61 Å². The molecule has 0 bridgehead atoms. The van der Waals surface area contributed by atoms with Crippen molar-refractivity contribution in [3.05, 3.63) is 28.0 Å². The molecule has 2 rings (SSSR count). The van der Waals surface area contributed by atoms with Crippen LogP contribution in [-0.2, 0) is 6.54 Å². The first-order valence-electron chi connectivity index (χ1n) is 4.09. The maximum absolute atomic E-state index is 13.3. The number of hydrogen-bond acceptors (Lipinski definition) is 2. The average molecular weight is 283 g/mol. The second-order valence-electron chi connectivity index (χ2n) is 2.86. The van der Waals surface area contributed by atoms with Crippen molar-refractivity contribution < 1.29 is 9.13 Å². The van der Waals surface area contributed by atoms with E-state index in [4.69, 9.17) is 4.74 Å². The van der Waals surface area contributed by atoms with Gasteiger partial charge in [-0.2, -0.15) is 0 Å². The van der Waals surface area contributed by atoms with Crippen LogP contribution in [0.4, 0.5) is 4.39 Å². The Balaban J connectivity index is 0.000000980. The highest BCUT2D eigenvalue weighted by Gasteiger charge is 2.15. The summed E-state index contributed by atoms with van der Waals surface area (Å²) in [6.07, 6.45) is 0. The van der Waals surface area contributed by atoms with E-state index in [0.29, 0.717) is 18.9 Å². The minimum Gasteiger partial charge on any atom is -0.489 e. The molecule has 0 amide bonds. The number of ether oxygens (including phenoxy) is 1. The summed E-state index contributed by atoms with van der Waals surface area (Å²) in [5.41, 5.74) is 0.859. The molecule has 2 nitrogen and oxygen atoms in total. The van der Waals surface area contributed by atoms with Crippen LogP contribution in [0, 0.1) is 5.82 Å². The molecule has 78 valence electrons. The molecule has 0 atom stereocenters. The summed E-state index contributed by atoms with van der Waals surface area (Å²) in [5, 5.41) is 3.15. The molecule has 0 saturated heterocycles. The first-order chi connectivity index (χ1) is 6.29. The molecule has 1 aliphatic heterocycles. The number of benzene rings is 1. The third kappa shape index (κ3) is 2.19.